The molecule has 0 aromatic heterocycles. The van der Waals surface area contributed by atoms with Gasteiger partial charge in [-0.3, -0.25) is 4.79 Å². The van der Waals surface area contributed by atoms with E-state index < -0.39 is 18.4 Å². The van der Waals surface area contributed by atoms with E-state index in [9.17, 15) is 14.7 Å². The molecule has 1 aromatic carbocycles. The number of rotatable bonds is 6. The van der Waals surface area contributed by atoms with Gasteiger partial charge in [0.05, 0.1) is 23.9 Å². The van der Waals surface area contributed by atoms with E-state index in [0.717, 1.165) is 24.8 Å². The third-order valence-electron chi connectivity index (χ3n) is 5.23. The lowest BCUT2D eigenvalue weighted by Gasteiger charge is -2.31. The number of fused-ring (bicyclic) bond motifs is 2. The van der Waals surface area contributed by atoms with E-state index in [1.54, 1.807) is 17.0 Å². The summed E-state index contributed by atoms with van der Waals surface area (Å²) in [5, 5.41) is 11.0. The molecule has 0 aliphatic carbocycles. The smallest absolute Gasteiger partial charge is 0.416 e. The lowest BCUT2D eigenvalue weighted by Crippen LogP contribution is -2.50. The van der Waals surface area contributed by atoms with Crippen molar-refractivity contribution in [3.63, 3.8) is 0 Å². The van der Waals surface area contributed by atoms with E-state index in [1.807, 2.05) is 6.92 Å². The molecule has 28 heavy (non-hydrogen) atoms. The van der Waals surface area contributed by atoms with Crippen LogP contribution in [-0.2, 0) is 4.74 Å². The summed E-state index contributed by atoms with van der Waals surface area (Å²) in [6.07, 6.45) is 2.89. The Morgan fingerprint density at radius 1 is 1.43 bits per heavy atom. The van der Waals surface area contributed by atoms with Crippen molar-refractivity contribution in [3.8, 4) is 5.75 Å². The molecule has 2 heterocycles. The highest BCUT2D eigenvalue weighted by Crippen LogP contribution is 2.38. The zero-order valence-corrected chi connectivity index (χ0v) is 16.5. The molecule has 3 rings (SSSR count). The van der Waals surface area contributed by atoms with Crippen molar-refractivity contribution < 1.29 is 24.2 Å². The van der Waals surface area contributed by atoms with Crippen molar-refractivity contribution in [2.45, 2.75) is 51.8 Å². The number of ether oxygens (including phenoxy) is 2. The Morgan fingerprint density at radius 3 is 2.93 bits per heavy atom. The molecule has 0 radical (unpaired) electrons. The molecule has 0 saturated carbocycles. The van der Waals surface area contributed by atoms with Crippen LogP contribution in [-0.4, -0.2) is 54.0 Å². The van der Waals surface area contributed by atoms with Gasteiger partial charge in [0.2, 0.25) is 0 Å². The van der Waals surface area contributed by atoms with Crippen LogP contribution in [0.1, 0.15) is 48.5 Å². The second-order valence-corrected chi connectivity index (χ2v) is 7.19. The summed E-state index contributed by atoms with van der Waals surface area (Å²) in [4.78, 5) is 28.7. The number of amides is 2. The molecule has 0 bridgehead atoms. The number of unbranched alkanes of at least 4 members (excludes halogenated alkanes) is 1. The van der Waals surface area contributed by atoms with Gasteiger partial charge in [0.25, 0.3) is 5.91 Å². The summed E-state index contributed by atoms with van der Waals surface area (Å²) >= 11 is 0. The topological polar surface area (TPSA) is 79.3 Å². The Labute approximate surface area is 165 Å². The predicted molar refractivity (Wildman–Crippen MR) is 106 cm³/mol. The summed E-state index contributed by atoms with van der Waals surface area (Å²) in [7, 11) is 0. The van der Waals surface area contributed by atoms with Gasteiger partial charge in [-0.2, -0.15) is 0 Å². The lowest BCUT2D eigenvalue weighted by molar-refractivity contribution is 0.0496. The van der Waals surface area contributed by atoms with Crippen LogP contribution in [0.25, 0.3) is 0 Å². The lowest BCUT2D eigenvalue weighted by atomic mass is 10.1. The number of hydrogen-bond acceptors (Lipinski definition) is 5. The Morgan fingerprint density at radius 2 is 2.21 bits per heavy atom. The highest BCUT2D eigenvalue weighted by Gasteiger charge is 2.45. The molecule has 152 valence electrons. The molecular formula is C21H28N2O5. The van der Waals surface area contributed by atoms with Gasteiger partial charge in [0.15, 0.2) is 6.23 Å². The van der Waals surface area contributed by atoms with Crippen LogP contribution >= 0.6 is 0 Å². The van der Waals surface area contributed by atoms with Crippen molar-refractivity contribution >= 4 is 17.7 Å². The SMILES string of the molecule is C=CCOC(=O)N1c2cc(OCCCC)c(C)cc2C(=O)N2CCC[C@H]2[C@@H]1O. The van der Waals surface area contributed by atoms with Crippen LogP contribution in [0.3, 0.4) is 0 Å². The summed E-state index contributed by atoms with van der Waals surface area (Å²) in [6, 6.07) is 2.94. The van der Waals surface area contributed by atoms with Crippen LogP contribution in [0, 0.1) is 6.92 Å². The fourth-order valence-electron chi connectivity index (χ4n) is 3.76. The Balaban J connectivity index is 2.06. The number of carbonyl (C=O) groups excluding carboxylic acids is 2. The minimum atomic E-state index is -1.18. The average molecular weight is 388 g/mol. The summed E-state index contributed by atoms with van der Waals surface area (Å²) in [6.45, 7) is 8.62. The highest BCUT2D eigenvalue weighted by molar-refractivity contribution is 6.05. The normalized spacial score (nSPS) is 21.0. The van der Waals surface area contributed by atoms with Crippen molar-refractivity contribution in [2.75, 3.05) is 24.7 Å². The van der Waals surface area contributed by atoms with Gasteiger partial charge < -0.3 is 19.5 Å². The summed E-state index contributed by atoms with van der Waals surface area (Å²) in [5.41, 5.74) is 1.51. The predicted octanol–water partition coefficient (Wildman–Crippen LogP) is 3.24. The number of nitrogens with zero attached hydrogens (tertiary/aromatic N) is 2. The zero-order valence-electron chi connectivity index (χ0n) is 16.5. The zero-order chi connectivity index (χ0) is 20.3. The first-order valence-corrected chi connectivity index (χ1v) is 9.83. The van der Waals surface area contributed by atoms with Crippen molar-refractivity contribution in [3.05, 3.63) is 35.9 Å². The number of benzene rings is 1. The maximum absolute atomic E-state index is 13.1. The molecule has 0 unspecified atom stereocenters. The van der Waals surface area contributed by atoms with Gasteiger partial charge in [-0.15, -0.1) is 0 Å². The molecule has 1 aromatic rings. The van der Waals surface area contributed by atoms with E-state index in [2.05, 4.69) is 13.5 Å². The molecule has 7 heteroatoms. The quantitative estimate of drug-likeness (QED) is 0.598. The van der Waals surface area contributed by atoms with Gasteiger partial charge in [0.1, 0.15) is 12.4 Å². The van der Waals surface area contributed by atoms with Gasteiger partial charge in [-0.25, -0.2) is 9.69 Å². The Bertz CT molecular complexity index is 763. The summed E-state index contributed by atoms with van der Waals surface area (Å²) < 4.78 is 11.1. The van der Waals surface area contributed by atoms with Gasteiger partial charge >= 0.3 is 6.09 Å². The maximum atomic E-state index is 13.1. The third kappa shape index (κ3) is 3.71. The fourth-order valence-corrected chi connectivity index (χ4v) is 3.76. The van der Waals surface area contributed by atoms with E-state index >= 15 is 0 Å². The van der Waals surface area contributed by atoms with Crippen molar-refractivity contribution in [2.24, 2.45) is 0 Å². The van der Waals surface area contributed by atoms with Crippen LogP contribution in [0.4, 0.5) is 10.5 Å². The largest absolute Gasteiger partial charge is 0.493 e. The summed E-state index contributed by atoms with van der Waals surface area (Å²) in [5.74, 6) is 0.412. The number of hydrogen-bond donors (Lipinski definition) is 1. The Kier molecular flexibility index (Phi) is 6.24. The molecular weight excluding hydrogens is 360 g/mol. The van der Waals surface area contributed by atoms with Crippen LogP contribution in [0.2, 0.25) is 0 Å². The highest BCUT2D eigenvalue weighted by atomic mass is 16.6. The third-order valence-corrected chi connectivity index (χ3v) is 5.23. The first-order valence-electron chi connectivity index (χ1n) is 9.83. The van der Waals surface area contributed by atoms with Crippen molar-refractivity contribution in [1.29, 1.82) is 0 Å². The molecule has 2 atom stereocenters. The first kappa shape index (κ1) is 20.2. The van der Waals surface area contributed by atoms with Crippen LogP contribution < -0.4 is 9.64 Å². The maximum Gasteiger partial charge on any atom is 0.416 e. The van der Waals surface area contributed by atoms with Gasteiger partial charge in [0, 0.05) is 12.6 Å². The standard InChI is InChI=1S/C21H28N2O5/c1-4-6-11-27-18-13-17-15(12-14(18)3)19(24)22-9-7-8-16(22)20(25)23(17)21(26)28-10-5-2/h5,12-13,16,20,25H,2,4,6-11H2,1,3H3/t16-,20-/m0/s1. The minimum Gasteiger partial charge on any atom is -0.493 e. The number of aliphatic hydroxyl groups excluding tert-OH is 1. The second kappa shape index (κ2) is 8.65. The molecule has 7 nitrogen and oxygen atoms in total. The molecule has 1 N–H and O–H groups in total. The van der Waals surface area contributed by atoms with Gasteiger partial charge in [-0.1, -0.05) is 26.0 Å². The number of aliphatic hydroxyl groups is 1. The van der Waals surface area contributed by atoms with E-state index in [0.29, 0.717) is 36.6 Å². The Hall–Kier alpha value is -2.54. The number of carbonyl (C=O) groups is 2. The van der Waals surface area contributed by atoms with E-state index in [-0.39, 0.29) is 12.5 Å². The number of aryl methyl sites for hydroxylation is 1. The second-order valence-electron chi connectivity index (χ2n) is 7.19. The monoisotopic (exact) mass is 388 g/mol. The first-order chi connectivity index (χ1) is 13.5. The molecule has 2 aliphatic heterocycles. The molecule has 0 spiro atoms. The van der Waals surface area contributed by atoms with E-state index in [1.165, 1.54) is 11.0 Å². The molecule has 1 fully saturated rings. The van der Waals surface area contributed by atoms with Gasteiger partial charge in [-0.05, 0) is 37.8 Å². The van der Waals surface area contributed by atoms with Crippen LogP contribution in [0.15, 0.2) is 24.8 Å². The molecule has 1 saturated heterocycles. The van der Waals surface area contributed by atoms with E-state index in [4.69, 9.17) is 9.47 Å². The average Bonchev–Trinajstić information content (AvgIpc) is 3.15. The van der Waals surface area contributed by atoms with Crippen LogP contribution in [0.5, 0.6) is 5.75 Å². The minimum absolute atomic E-state index is 0.0193. The molecule has 2 aliphatic rings. The fraction of sp³-hybridized carbons (Fsp3) is 0.524. The molecule has 2 amide bonds. The number of anilines is 1. The van der Waals surface area contributed by atoms with Crippen molar-refractivity contribution in [1.82, 2.24) is 4.90 Å².